The molecule has 0 aromatic heterocycles. The lowest BCUT2D eigenvalue weighted by Crippen LogP contribution is -2.53. The highest BCUT2D eigenvalue weighted by Crippen LogP contribution is 2.46. The minimum Gasteiger partial charge on any atom is -0.481 e. The van der Waals surface area contributed by atoms with E-state index in [0.717, 1.165) is 19.3 Å². The van der Waals surface area contributed by atoms with Crippen LogP contribution in [0.5, 0.6) is 0 Å². The second-order valence-corrected chi connectivity index (χ2v) is 5.37. The summed E-state index contributed by atoms with van der Waals surface area (Å²) in [5.41, 5.74) is -2.01. The smallest absolute Gasteiger partial charge is 0.312 e. The number of aliphatic hydroxyl groups is 1. The maximum absolute atomic E-state index is 11.3. The van der Waals surface area contributed by atoms with E-state index in [1.165, 1.54) is 0 Å². The second kappa shape index (κ2) is 4.74. The molecule has 1 fully saturated rings. The van der Waals surface area contributed by atoms with Crippen molar-refractivity contribution < 1.29 is 15.0 Å². The van der Waals surface area contributed by atoms with Crippen molar-refractivity contribution in [1.82, 2.24) is 0 Å². The van der Waals surface area contributed by atoms with Gasteiger partial charge < -0.3 is 10.2 Å². The van der Waals surface area contributed by atoms with E-state index >= 15 is 0 Å². The SMILES string of the molecule is CCC1CCC(O)(C(C)(CC)C(=O)O)CC1. The maximum atomic E-state index is 11.3. The van der Waals surface area contributed by atoms with Gasteiger partial charge in [-0.2, -0.15) is 0 Å². The Labute approximate surface area is 97.9 Å². The van der Waals surface area contributed by atoms with E-state index in [4.69, 9.17) is 0 Å². The maximum Gasteiger partial charge on any atom is 0.312 e. The Balaban J connectivity index is 2.82. The molecule has 3 nitrogen and oxygen atoms in total. The molecule has 94 valence electrons. The summed E-state index contributed by atoms with van der Waals surface area (Å²) in [4.78, 5) is 11.3. The van der Waals surface area contributed by atoms with Gasteiger partial charge in [-0.15, -0.1) is 0 Å². The standard InChI is InChI=1S/C13H24O3/c1-4-10-6-8-13(16,9-7-10)12(3,5-2)11(14)15/h10,16H,4-9H2,1-3H3,(H,14,15). The van der Waals surface area contributed by atoms with Gasteiger partial charge in [-0.05, 0) is 44.9 Å². The number of hydrogen-bond donors (Lipinski definition) is 2. The van der Waals surface area contributed by atoms with Gasteiger partial charge in [0.25, 0.3) is 0 Å². The molecule has 1 aliphatic rings. The minimum atomic E-state index is -1.01. The largest absolute Gasteiger partial charge is 0.481 e. The molecular formula is C13H24O3. The molecule has 0 aliphatic heterocycles. The van der Waals surface area contributed by atoms with E-state index in [1.54, 1.807) is 6.92 Å². The van der Waals surface area contributed by atoms with Crippen LogP contribution in [0.15, 0.2) is 0 Å². The first-order valence-corrected chi connectivity index (χ1v) is 6.35. The molecule has 1 atom stereocenters. The van der Waals surface area contributed by atoms with Gasteiger partial charge in [0.05, 0.1) is 11.0 Å². The summed E-state index contributed by atoms with van der Waals surface area (Å²) in [5, 5.41) is 19.9. The lowest BCUT2D eigenvalue weighted by atomic mass is 9.63. The molecule has 1 aliphatic carbocycles. The normalized spacial score (nSPS) is 34.4. The molecule has 1 unspecified atom stereocenters. The molecule has 0 saturated heterocycles. The van der Waals surface area contributed by atoms with Crippen LogP contribution in [0.25, 0.3) is 0 Å². The van der Waals surface area contributed by atoms with Crippen molar-refractivity contribution in [3.63, 3.8) is 0 Å². The van der Waals surface area contributed by atoms with Gasteiger partial charge in [0.1, 0.15) is 0 Å². The highest BCUT2D eigenvalue weighted by molar-refractivity contribution is 5.75. The van der Waals surface area contributed by atoms with Crippen LogP contribution >= 0.6 is 0 Å². The zero-order valence-corrected chi connectivity index (χ0v) is 10.6. The molecule has 2 N–H and O–H groups in total. The van der Waals surface area contributed by atoms with Crippen molar-refractivity contribution in [2.24, 2.45) is 11.3 Å². The lowest BCUT2D eigenvalue weighted by Gasteiger charge is -2.45. The first-order valence-electron chi connectivity index (χ1n) is 6.35. The molecule has 0 aromatic carbocycles. The first-order chi connectivity index (χ1) is 7.39. The van der Waals surface area contributed by atoms with Crippen molar-refractivity contribution in [2.45, 2.75) is 64.9 Å². The van der Waals surface area contributed by atoms with Gasteiger partial charge in [-0.3, -0.25) is 4.79 Å². The summed E-state index contributed by atoms with van der Waals surface area (Å²) >= 11 is 0. The average Bonchev–Trinajstić information content (AvgIpc) is 2.28. The number of rotatable bonds is 4. The molecule has 1 rings (SSSR count). The minimum absolute atomic E-state index is 0.482. The topological polar surface area (TPSA) is 57.5 Å². The molecular weight excluding hydrogens is 204 g/mol. The van der Waals surface area contributed by atoms with Crippen LogP contribution in [0.3, 0.4) is 0 Å². The molecule has 0 aromatic rings. The van der Waals surface area contributed by atoms with Gasteiger partial charge >= 0.3 is 5.97 Å². The number of hydrogen-bond acceptors (Lipinski definition) is 2. The van der Waals surface area contributed by atoms with E-state index in [0.29, 0.717) is 25.2 Å². The molecule has 0 amide bonds. The quantitative estimate of drug-likeness (QED) is 0.778. The van der Waals surface area contributed by atoms with Crippen molar-refractivity contribution in [3.8, 4) is 0 Å². The van der Waals surface area contributed by atoms with Crippen molar-refractivity contribution in [3.05, 3.63) is 0 Å². The number of carboxylic acid groups (broad SMARTS) is 1. The fraction of sp³-hybridized carbons (Fsp3) is 0.923. The number of carboxylic acids is 1. The third-order valence-corrected chi connectivity index (χ3v) is 4.72. The number of aliphatic carboxylic acids is 1. The van der Waals surface area contributed by atoms with Crippen LogP contribution in [0.4, 0.5) is 0 Å². The molecule has 16 heavy (non-hydrogen) atoms. The summed E-state index contributed by atoms with van der Waals surface area (Å²) in [6.07, 6.45) is 4.78. The predicted octanol–water partition coefficient (Wildman–Crippen LogP) is 2.82. The van der Waals surface area contributed by atoms with Crippen LogP contribution in [0, 0.1) is 11.3 Å². The van der Waals surface area contributed by atoms with Crippen molar-refractivity contribution in [1.29, 1.82) is 0 Å². The molecule has 0 spiro atoms. The molecule has 1 saturated carbocycles. The van der Waals surface area contributed by atoms with Gasteiger partial charge in [-0.1, -0.05) is 20.3 Å². The summed E-state index contributed by atoms with van der Waals surface area (Å²) in [7, 11) is 0. The third-order valence-electron chi connectivity index (χ3n) is 4.72. The fourth-order valence-corrected chi connectivity index (χ4v) is 2.79. The summed E-state index contributed by atoms with van der Waals surface area (Å²) in [6, 6.07) is 0. The summed E-state index contributed by atoms with van der Waals surface area (Å²) in [5.74, 6) is -0.206. The Morgan fingerprint density at radius 1 is 1.38 bits per heavy atom. The zero-order chi connectivity index (χ0) is 12.4. The van der Waals surface area contributed by atoms with Crippen LogP contribution in [0.2, 0.25) is 0 Å². The molecule has 3 heteroatoms. The zero-order valence-electron chi connectivity index (χ0n) is 10.6. The van der Waals surface area contributed by atoms with Gasteiger partial charge in [0.15, 0.2) is 0 Å². The van der Waals surface area contributed by atoms with E-state index in [-0.39, 0.29) is 0 Å². The second-order valence-electron chi connectivity index (χ2n) is 5.37. The van der Waals surface area contributed by atoms with Gasteiger partial charge in [-0.25, -0.2) is 0 Å². The van der Waals surface area contributed by atoms with Crippen LogP contribution < -0.4 is 0 Å². The Hall–Kier alpha value is -0.570. The molecule has 0 heterocycles. The monoisotopic (exact) mass is 228 g/mol. The van der Waals surface area contributed by atoms with E-state index in [9.17, 15) is 15.0 Å². The Bertz CT molecular complexity index is 254. The third kappa shape index (κ3) is 2.10. The summed E-state index contributed by atoms with van der Waals surface area (Å²) < 4.78 is 0. The van der Waals surface area contributed by atoms with E-state index in [1.807, 2.05) is 6.92 Å². The van der Waals surface area contributed by atoms with Crippen molar-refractivity contribution >= 4 is 5.97 Å². The predicted molar refractivity (Wildman–Crippen MR) is 63.2 cm³/mol. The number of carbonyl (C=O) groups is 1. The first kappa shape index (κ1) is 13.5. The highest BCUT2D eigenvalue weighted by atomic mass is 16.4. The van der Waals surface area contributed by atoms with Crippen LogP contribution in [-0.4, -0.2) is 21.8 Å². The fourth-order valence-electron chi connectivity index (χ4n) is 2.79. The van der Waals surface area contributed by atoms with Crippen LogP contribution in [-0.2, 0) is 4.79 Å². The Kier molecular flexibility index (Phi) is 4.00. The van der Waals surface area contributed by atoms with Crippen LogP contribution in [0.1, 0.15) is 59.3 Å². The highest BCUT2D eigenvalue weighted by Gasteiger charge is 2.52. The molecule has 0 bridgehead atoms. The average molecular weight is 228 g/mol. The van der Waals surface area contributed by atoms with E-state index < -0.39 is 17.0 Å². The van der Waals surface area contributed by atoms with Crippen molar-refractivity contribution in [2.75, 3.05) is 0 Å². The Morgan fingerprint density at radius 2 is 1.88 bits per heavy atom. The summed E-state index contributed by atoms with van der Waals surface area (Å²) in [6.45, 7) is 5.69. The Morgan fingerprint density at radius 3 is 2.19 bits per heavy atom. The molecule has 0 radical (unpaired) electrons. The lowest BCUT2D eigenvalue weighted by molar-refractivity contribution is -0.174. The van der Waals surface area contributed by atoms with Gasteiger partial charge in [0.2, 0.25) is 0 Å². The van der Waals surface area contributed by atoms with E-state index in [2.05, 4.69) is 6.92 Å². The van der Waals surface area contributed by atoms with Gasteiger partial charge in [0, 0.05) is 0 Å².